The van der Waals surface area contributed by atoms with E-state index in [2.05, 4.69) is 24.4 Å². The molecule has 19 heavy (non-hydrogen) atoms. The minimum atomic E-state index is 0.227. The topological polar surface area (TPSA) is 29.1 Å². The fraction of sp³-hybridized carbons (Fsp3) is 0.588. The highest BCUT2D eigenvalue weighted by molar-refractivity contribution is 5.97. The second-order valence-corrected chi connectivity index (χ2v) is 5.50. The Balaban J connectivity index is 1.85. The molecule has 0 saturated carbocycles. The fourth-order valence-electron chi connectivity index (χ4n) is 2.71. The normalized spacial score (nSPS) is 14.2. The second kappa shape index (κ2) is 7.44. The highest BCUT2D eigenvalue weighted by Crippen LogP contribution is 2.22. The van der Waals surface area contributed by atoms with Crippen LogP contribution in [0.1, 0.15) is 60.5 Å². The van der Waals surface area contributed by atoms with E-state index in [-0.39, 0.29) is 5.78 Å². The van der Waals surface area contributed by atoms with Crippen LogP contribution >= 0.6 is 0 Å². The lowest BCUT2D eigenvalue weighted by atomic mass is 9.90. The zero-order chi connectivity index (χ0) is 13.5. The maximum Gasteiger partial charge on any atom is 0.176 e. The van der Waals surface area contributed by atoms with Crippen LogP contribution in [0.4, 0.5) is 0 Å². The van der Waals surface area contributed by atoms with Crippen molar-refractivity contribution in [3.63, 3.8) is 0 Å². The lowest BCUT2D eigenvalue weighted by Gasteiger charge is -2.16. The molecular formula is C17H25NO. The van der Waals surface area contributed by atoms with E-state index in [0.29, 0.717) is 6.54 Å². The van der Waals surface area contributed by atoms with Gasteiger partial charge in [-0.25, -0.2) is 0 Å². The van der Waals surface area contributed by atoms with Gasteiger partial charge in [-0.2, -0.15) is 0 Å². The monoisotopic (exact) mass is 259 g/mol. The van der Waals surface area contributed by atoms with Gasteiger partial charge in [0.05, 0.1) is 6.54 Å². The van der Waals surface area contributed by atoms with Crippen LogP contribution in [0.3, 0.4) is 0 Å². The first kappa shape index (κ1) is 14.3. The summed E-state index contributed by atoms with van der Waals surface area (Å²) < 4.78 is 0. The van der Waals surface area contributed by atoms with Crippen molar-refractivity contribution in [1.29, 1.82) is 0 Å². The summed E-state index contributed by atoms with van der Waals surface area (Å²) in [5.41, 5.74) is 3.71. The second-order valence-electron chi connectivity index (χ2n) is 5.50. The number of benzene rings is 1. The van der Waals surface area contributed by atoms with Crippen molar-refractivity contribution in [3.05, 3.63) is 34.9 Å². The Labute approximate surface area is 116 Å². The van der Waals surface area contributed by atoms with E-state index >= 15 is 0 Å². The van der Waals surface area contributed by atoms with Gasteiger partial charge in [-0.3, -0.25) is 4.79 Å². The van der Waals surface area contributed by atoms with Crippen molar-refractivity contribution in [1.82, 2.24) is 5.32 Å². The van der Waals surface area contributed by atoms with Crippen molar-refractivity contribution in [3.8, 4) is 0 Å². The molecule has 0 spiro atoms. The largest absolute Gasteiger partial charge is 0.310 e. The van der Waals surface area contributed by atoms with Gasteiger partial charge >= 0.3 is 0 Å². The summed E-state index contributed by atoms with van der Waals surface area (Å²) in [6, 6.07) is 6.27. The van der Waals surface area contributed by atoms with Gasteiger partial charge in [-0.1, -0.05) is 31.9 Å². The molecule has 0 aromatic heterocycles. The molecule has 0 aliphatic heterocycles. The Bertz CT molecular complexity index is 425. The van der Waals surface area contributed by atoms with Crippen molar-refractivity contribution in [2.24, 2.45) is 0 Å². The molecule has 1 aliphatic carbocycles. The number of Topliss-reactive ketones (excluding diaryl/α,β-unsaturated/α-hetero) is 1. The van der Waals surface area contributed by atoms with Crippen LogP contribution in [0, 0.1) is 0 Å². The van der Waals surface area contributed by atoms with Crippen molar-refractivity contribution < 1.29 is 4.79 Å². The third-order valence-corrected chi connectivity index (χ3v) is 3.91. The minimum Gasteiger partial charge on any atom is -0.310 e. The number of unbranched alkanes of at least 4 members (excludes halogenated alkanes) is 2. The van der Waals surface area contributed by atoms with Crippen LogP contribution in [-0.2, 0) is 12.8 Å². The Morgan fingerprint density at radius 1 is 1.16 bits per heavy atom. The zero-order valence-electron chi connectivity index (χ0n) is 12.0. The molecule has 0 heterocycles. The molecule has 2 heteroatoms. The molecule has 0 radical (unpaired) electrons. The molecule has 2 rings (SSSR count). The van der Waals surface area contributed by atoms with Gasteiger partial charge in [0.25, 0.3) is 0 Å². The fourth-order valence-corrected chi connectivity index (χ4v) is 2.71. The number of rotatable bonds is 7. The molecule has 0 amide bonds. The predicted octanol–water partition coefficient (Wildman–Crippen LogP) is 3.53. The van der Waals surface area contributed by atoms with Gasteiger partial charge in [0.2, 0.25) is 0 Å². The van der Waals surface area contributed by atoms with E-state index in [0.717, 1.165) is 24.9 Å². The SMILES string of the molecule is CCCCCNCC(=O)c1ccc2c(c1)CCCC2. The molecule has 1 aromatic carbocycles. The van der Waals surface area contributed by atoms with Crippen LogP contribution in [0.5, 0.6) is 0 Å². The van der Waals surface area contributed by atoms with Gasteiger partial charge in [-0.15, -0.1) is 0 Å². The number of carbonyl (C=O) groups is 1. The number of ketones is 1. The lowest BCUT2D eigenvalue weighted by Crippen LogP contribution is -2.24. The van der Waals surface area contributed by atoms with E-state index < -0.39 is 0 Å². The highest BCUT2D eigenvalue weighted by Gasteiger charge is 2.12. The van der Waals surface area contributed by atoms with Crippen LogP contribution in [0.2, 0.25) is 0 Å². The average molecular weight is 259 g/mol. The molecule has 1 aliphatic rings. The predicted molar refractivity (Wildman–Crippen MR) is 79.8 cm³/mol. The molecular weight excluding hydrogens is 234 g/mol. The maximum absolute atomic E-state index is 12.1. The first-order chi connectivity index (χ1) is 9.31. The summed E-state index contributed by atoms with van der Waals surface area (Å²) in [6.45, 7) is 3.62. The minimum absolute atomic E-state index is 0.227. The van der Waals surface area contributed by atoms with Crippen LogP contribution < -0.4 is 5.32 Å². The van der Waals surface area contributed by atoms with Gasteiger partial charge in [0, 0.05) is 5.56 Å². The molecule has 0 saturated heterocycles. The van der Waals surface area contributed by atoms with Crippen LogP contribution in [0.25, 0.3) is 0 Å². The van der Waals surface area contributed by atoms with Crippen molar-refractivity contribution >= 4 is 5.78 Å². The molecule has 0 fully saturated rings. The maximum atomic E-state index is 12.1. The van der Waals surface area contributed by atoms with Crippen LogP contribution in [0.15, 0.2) is 18.2 Å². The zero-order valence-corrected chi connectivity index (χ0v) is 12.0. The Morgan fingerprint density at radius 3 is 2.74 bits per heavy atom. The molecule has 0 unspecified atom stereocenters. The van der Waals surface area contributed by atoms with Crippen LogP contribution in [-0.4, -0.2) is 18.9 Å². The summed E-state index contributed by atoms with van der Waals surface area (Å²) in [7, 11) is 0. The standard InChI is InChI=1S/C17H25NO/c1-2-3-6-11-18-13-17(19)16-10-9-14-7-4-5-8-15(14)12-16/h9-10,12,18H,2-8,11,13H2,1H3. The van der Waals surface area contributed by atoms with E-state index in [9.17, 15) is 4.79 Å². The summed E-state index contributed by atoms with van der Waals surface area (Å²) in [5.74, 6) is 0.227. The number of hydrogen-bond acceptors (Lipinski definition) is 2. The molecule has 104 valence electrons. The number of fused-ring (bicyclic) bond motifs is 1. The summed E-state index contributed by atoms with van der Waals surface area (Å²) in [5, 5.41) is 3.25. The summed E-state index contributed by atoms with van der Waals surface area (Å²) in [4.78, 5) is 12.1. The van der Waals surface area contributed by atoms with Crippen molar-refractivity contribution in [2.75, 3.05) is 13.1 Å². The third kappa shape index (κ3) is 4.17. The highest BCUT2D eigenvalue weighted by atomic mass is 16.1. The quantitative estimate of drug-likeness (QED) is 0.599. The van der Waals surface area contributed by atoms with E-state index in [1.165, 1.54) is 43.2 Å². The van der Waals surface area contributed by atoms with Gasteiger partial charge in [0.15, 0.2) is 5.78 Å². The van der Waals surface area contributed by atoms with E-state index in [1.807, 2.05) is 6.07 Å². The summed E-state index contributed by atoms with van der Waals surface area (Å²) in [6.07, 6.45) is 8.49. The van der Waals surface area contributed by atoms with Crippen molar-refractivity contribution in [2.45, 2.75) is 51.9 Å². The molecule has 1 aromatic rings. The first-order valence-electron chi connectivity index (χ1n) is 7.67. The van der Waals surface area contributed by atoms with E-state index in [1.54, 1.807) is 0 Å². The van der Waals surface area contributed by atoms with Gasteiger partial charge in [-0.05, 0) is 55.8 Å². The van der Waals surface area contributed by atoms with Gasteiger partial charge in [0.1, 0.15) is 0 Å². The number of carbonyl (C=O) groups excluding carboxylic acids is 1. The Kier molecular flexibility index (Phi) is 5.59. The number of aryl methyl sites for hydroxylation is 2. The smallest absolute Gasteiger partial charge is 0.176 e. The van der Waals surface area contributed by atoms with E-state index in [4.69, 9.17) is 0 Å². The molecule has 0 bridgehead atoms. The Morgan fingerprint density at radius 2 is 1.95 bits per heavy atom. The average Bonchev–Trinajstić information content (AvgIpc) is 2.46. The molecule has 2 nitrogen and oxygen atoms in total. The number of nitrogens with one attached hydrogen (secondary N) is 1. The Hall–Kier alpha value is -1.15. The lowest BCUT2D eigenvalue weighted by molar-refractivity contribution is 0.0991. The number of hydrogen-bond donors (Lipinski definition) is 1. The third-order valence-electron chi connectivity index (χ3n) is 3.91. The molecule has 1 N–H and O–H groups in total. The molecule has 0 atom stereocenters. The first-order valence-corrected chi connectivity index (χ1v) is 7.67. The van der Waals surface area contributed by atoms with Gasteiger partial charge < -0.3 is 5.32 Å². The summed E-state index contributed by atoms with van der Waals surface area (Å²) >= 11 is 0.